The Kier molecular flexibility index (Phi) is 8.05. The maximum absolute atomic E-state index is 13.5. The number of aryl methyl sites for hydroxylation is 1. The van der Waals surface area contributed by atoms with Crippen LogP contribution in [0.5, 0.6) is 23.0 Å². The van der Waals surface area contributed by atoms with Crippen molar-refractivity contribution < 1.29 is 23.4 Å². The summed E-state index contributed by atoms with van der Waals surface area (Å²) in [6, 6.07) is 14.4. The highest BCUT2D eigenvalue weighted by Crippen LogP contribution is 2.36. The summed E-state index contributed by atoms with van der Waals surface area (Å²) in [5.74, 6) is 1.37. The topological polar surface area (TPSA) is 92.5 Å². The van der Waals surface area contributed by atoms with E-state index < -0.39 is 11.2 Å². The van der Waals surface area contributed by atoms with Gasteiger partial charge in [-0.05, 0) is 48.4 Å². The van der Waals surface area contributed by atoms with E-state index in [2.05, 4.69) is 9.97 Å². The minimum absolute atomic E-state index is 0.0648. The van der Waals surface area contributed by atoms with E-state index in [1.807, 2.05) is 11.5 Å². The van der Waals surface area contributed by atoms with Crippen molar-refractivity contribution in [1.82, 2.24) is 14.5 Å². The number of ketones is 1. The van der Waals surface area contributed by atoms with Crippen molar-refractivity contribution >= 4 is 16.7 Å². The van der Waals surface area contributed by atoms with Gasteiger partial charge in [0.1, 0.15) is 17.3 Å². The molecule has 0 saturated heterocycles. The second-order valence-electron chi connectivity index (χ2n) is 9.38. The number of Topliss-reactive ketones (excluding diaryl/α,β-unsaturated/α-hetero) is 1. The molecule has 5 rings (SSSR count). The number of hydrogen-bond donors (Lipinski definition) is 0. The second-order valence-corrected chi connectivity index (χ2v) is 9.38. The maximum atomic E-state index is 13.5. The van der Waals surface area contributed by atoms with E-state index in [1.165, 1.54) is 30.5 Å². The van der Waals surface area contributed by atoms with Crippen LogP contribution in [0, 0.1) is 5.82 Å². The van der Waals surface area contributed by atoms with Crippen molar-refractivity contribution in [3.8, 4) is 34.1 Å². The molecule has 5 aromatic rings. The molecule has 0 amide bonds. The summed E-state index contributed by atoms with van der Waals surface area (Å²) in [5.41, 5.74) is 1.73. The molecule has 0 aliphatic heterocycles. The molecule has 41 heavy (non-hydrogen) atoms. The Morgan fingerprint density at radius 3 is 2.37 bits per heavy atom. The van der Waals surface area contributed by atoms with Gasteiger partial charge in [-0.1, -0.05) is 19.1 Å². The van der Waals surface area contributed by atoms with Crippen LogP contribution in [-0.4, -0.2) is 34.5 Å². The third-order valence-electron chi connectivity index (χ3n) is 6.59. The van der Waals surface area contributed by atoms with Crippen molar-refractivity contribution in [2.24, 2.45) is 0 Å². The molecule has 0 aliphatic rings. The number of aromatic nitrogens is 3. The molecule has 208 valence electrons. The molecule has 0 spiro atoms. The van der Waals surface area contributed by atoms with E-state index in [4.69, 9.17) is 14.2 Å². The highest BCUT2D eigenvalue weighted by Gasteiger charge is 2.18. The second kappa shape index (κ2) is 12.0. The standard InChI is InChI=1S/C32H28FN3O5/c1-4-13-36-18-25(20-5-7-21(33)8-6-20)32(38)26(19-36)28(37)14-22-9-10-23(17-35-22)41-29-11-12-34-27-16-31(40-3)30(39-2)15-24(27)29/h5-12,15-19H,4,13-14H2,1-3H3. The Bertz CT molecular complexity index is 1770. The Morgan fingerprint density at radius 1 is 0.927 bits per heavy atom. The summed E-state index contributed by atoms with van der Waals surface area (Å²) in [6.07, 6.45) is 7.19. The molecular formula is C32H28FN3O5. The largest absolute Gasteiger partial charge is 0.493 e. The monoisotopic (exact) mass is 553 g/mol. The zero-order valence-electron chi connectivity index (χ0n) is 22.9. The van der Waals surface area contributed by atoms with Gasteiger partial charge in [0, 0.05) is 47.8 Å². The fraction of sp³-hybridized carbons (Fsp3) is 0.188. The van der Waals surface area contributed by atoms with E-state index in [0.29, 0.717) is 51.9 Å². The van der Waals surface area contributed by atoms with E-state index in [0.717, 1.165) is 11.8 Å². The van der Waals surface area contributed by atoms with Gasteiger partial charge in [0.15, 0.2) is 22.7 Å². The van der Waals surface area contributed by atoms with Gasteiger partial charge in [0.25, 0.3) is 0 Å². The fourth-order valence-electron chi connectivity index (χ4n) is 4.55. The first-order valence-electron chi connectivity index (χ1n) is 13.1. The first kappa shape index (κ1) is 27.5. The molecule has 0 atom stereocenters. The third-order valence-corrected chi connectivity index (χ3v) is 6.59. The van der Waals surface area contributed by atoms with E-state index in [1.54, 1.807) is 63.1 Å². The number of halogens is 1. The lowest BCUT2D eigenvalue weighted by atomic mass is 10.0. The van der Waals surface area contributed by atoms with Crippen LogP contribution in [0.4, 0.5) is 4.39 Å². The van der Waals surface area contributed by atoms with Gasteiger partial charge in [0.2, 0.25) is 0 Å². The number of methoxy groups -OCH3 is 2. The van der Waals surface area contributed by atoms with Crippen molar-refractivity contribution in [3.05, 3.63) is 107 Å². The summed E-state index contributed by atoms with van der Waals surface area (Å²) in [7, 11) is 3.12. The quantitative estimate of drug-likeness (QED) is 0.189. The summed E-state index contributed by atoms with van der Waals surface area (Å²) in [5, 5.41) is 0.730. The van der Waals surface area contributed by atoms with Gasteiger partial charge in [-0.15, -0.1) is 0 Å². The molecule has 0 N–H and O–H groups in total. The third kappa shape index (κ3) is 5.94. The Hall–Kier alpha value is -5.05. The fourth-order valence-corrected chi connectivity index (χ4v) is 4.55. The zero-order valence-corrected chi connectivity index (χ0v) is 22.9. The lowest BCUT2D eigenvalue weighted by molar-refractivity contribution is 0.0990. The number of benzene rings is 2. The summed E-state index contributed by atoms with van der Waals surface area (Å²) >= 11 is 0. The molecule has 0 aliphatic carbocycles. The summed E-state index contributed by atoms with van der Waals surface area (Å²) in [6.45, 7) is 2.63. The smallest absolute Gasteiger partial charge is 0.200 e. The minimum atomic E-state index is -0.398. The maximum Gasteiger partial charge on any atom is 0.200 e. The number of rotatable bonds is 10. The molecule has 9 heteroatoms. The molecule has 2 aromatic carbocycles. The Labute approximate surface area is 236 Å². The van der Waals surface area contributed by atoms with Crippen LogP contribution < -0.4 is 19.6 Å². The summed E-state index contributed by atoms with van der Waals surface area (Å²) < 4.78 is 32.1. The van der Waals surface area contributed by atoms with Crippen molar-refractivity contribution in [1.29, 1.82) is 0 Å². The van der Waals surface area contributed by atoms with Crippen LogP contribution in [0.1, 0.15) is 29.4 Å². The highest BCUT2D eigenvalue weighted by molar-refractivity contribution is 5.98. The molecule has 0 saturated carbocycles. The molecule has 0 bridgehead atoms. The average Bonchev–Trinajstić information content (AvgIpc) is 2.99. The summed E-state index contributed by atoms with van der Waals surface area (Å²) in [4.78, 5) is 35.4. The van der Waals surface area contributed by atoms with Gasteiger partial charge >= 0.3 is 0 Å². The van der Waals surface area contributed by atoms with Gasteiger partial charge in [-0.2, -0.15) is 0 Å². The van der Waals surface area contributed by atoms with Crippen molar-refractivity contribution in [3.63, 3.8) is 0 Å². The van der Waals surface area contributed by atoms with Gasteiger partial charge in [-0.3, -0.25) is 19.6 Å². The van der Waals surface area contributed by atoms with E-state index in [9.17, 15) is 14.0 Å². The van der Waals surface area contributed by atoms with Crippen LogP contribution in [0.15, 0.2) is 84.2 Å². The van der Waals surface area contributed by atoms with Crippen LogP contribution in [0.25, 0.3) is 22.0 Å². The van der Waals surface area contributed by atoms with Crippen LogP contribution in [-0.2, 0) is 13.0 Å². The lowest BCUT2D eigenvalue weighted by Crippen LogP contribution is -2.21. The van der Waals surface area contributed by atoms with Crippen molar-refractivity contribution in [2.45, 2.75) is 26.3 Å². The van der Waals surface area contributed by atoms with Gasteiger partial charge in [-0.25, -0.2) is 4.39 Å². The Balaban J connectivity index is 1.38. The predicted molar refractivity (Wildman–Crippen MR) is 154 cm³/mol. The predicted octanol–water partition coefficient (Wildman–Crippen LogP) is 6.24. The first-order chi connectivity index (χ1) is 19.9. The van der Waals surface area contributed by atoms with E-state index >= 15 is 0 Å². The number of hydrogen-bond acceptors (Lipinski definition) is 7. The van der Waals surface area contributed by atoms with E-state index in [-0.39, 0.29) is 17.8 Å². The zero-order chi connectivity index (χ0) is 28.9. The lowest BCUT2D eigenvalue weighted by Gasteiger charge is -2.12. The molecule has 0 unspecified atom stereocenters. The Morgan fingerprint density at radius 2 is 1.68 bits per heavy atom. The first-order valence-corrected chi connectivity index (χ1v) is 13.1. The number of pyridine rings is 3. The molecule has 3 heterocycles. The minimum Gasteiger partial charge on any atom is -0.493 e. The van der Waals surface area contributed by atoms with Crippen LogP contribution in [0.2, 0.25) is 0 Å². The average molecular weight is 554 g/mol. The molecule has 0 radical (unpaired) electrons. The number of fused-ring (bicyclic) bond motifs is 1. The van der Waals surface area contributed by atoms with Crippen molar-refractivity contribution in [2.75, 3.05) is 14.2 Å². The molecular weight excluding hydrogens is 525 g/mol. The SMILES string of the molecule is CCCn1cc(C(=O)Cc2ccc(Oc3ccnc4cc(OC)c(OC)cc34)cn2)c(=O)c(-c2ccc(F)cc2)c1. The molecule has 0 fully saturated rings. The normalized spacial score (nSPS) is 10.9. The number of carbonyl (C=O) groups is 1. The van der Waals surface area contributed by atoms with Gasteiger partial charge in [0.05, 0.1) is 37.9 Å². The number of nitrogens with zero attached hydrogens (tertiary/aromatic N) is 3. The number of ether oxygens (including phenoxy) is 3. The van der Waals surface area contributed by atoms with Crippen LogP contribution >= 0.6 is 0 Å². The molecule has 3 aromatic heterocycles. The molecule has 8 nitrogen and oxygen atoms in total. The highest BCUT2D eigenvalue weighted by atomic mass is 19.1. The van der Waals surface area contributed by atoms with Gasteiger partial charge < -0.3 is 18.8 Å². The number of carbonyl (C=O) groups excluding carboxylic acids is 1. The van der Waals surface area contributed by atoms with Crippen LogP contribution in [0.3, 0.4) is 0 Å².